The van der Waals surface area contributed by atoms with Gasteiger partial charge in [-0.3, -0.25) is 0 Å². The van der Waals surface area contributed by atoms with Gasteiger partial charge in [-0.1, -0.05) is 13.8 Å². The SMILES string of the molecule is CC1(CN)CCC2C(C1)C1CCC2(C)C1. The fraction of sp³-hybridized carbons (Fsp3) is 1.00. The Labute approximate surface area is 93.8 Å². The molecule has 86 valence electrons. The van der Waals surface area contributed by atoms with Crippen molar-refractivity contribution >= 4 is 0 Å². The molecule has 3 aliphatic carbocycles. The van der Waals surface area contributed by atoms with Gasteiger partial charge in [0.2, 0.25) is 0 Å². The standard InChI is InChI=1S/C14H25N/c1-13(9-15)5-4-12-11(8-13)10-3-6-14(12,2)7-10/h10-12H,3-9,15H2,1-2H3. The maximum Gasteiger partial charge on any atom is -0.00231 e. The summed E-state index contributed by atoms with van der Waals surface area (Å²) < 4.78 is 0. The van der Waals surface area contributed by atoms with Gasteiger partial charge in [-0.25, -0.2) is 0 Å². The van der Waals surface area contributed by atoms with Crippen LogP contribution in [0.25, 0.3) is 0 Å². The molecule has 3 rings (SSSR count). The van der Waals surface area contributed by atoms with Crippen molar-refractivity contribution in [1.29, 1.82) is 0 Å². The molecule has 0 heterocycles. The third-order valence-corrected chi connectivity index (χ3v) is 6.11. The molecule has 2 N–H and O–H groups in total. The number of rotatable bonds is 1. The molecule has 1 heteroatoms. The fourth-order valence-corrected chi connectivity index (χ4v) is 5.10. The van der Waals surface area contributed by atoms with Crippen LogP contribution in [-0.4, -0.2) is 6.54 Å². The van der Waals surface area contributed by atoms with E-state index in [4.69, 9.17) is 5.73 Å². The van der Waals surface area contributed by atoms with E-state index in [9.17, 15) is 0 Å². The number of nitrogens with two attached hydrogens (primary N) is 1. The van der Waals surface area contributed by atoms with Crippen LogP contribution >= 0.6 is 0 Å². The summed E-state index contributed by atoms with van der Waals surface area (Å²) in [5, 5.41) is 0. The van der Waals surface area contributed by atoms with E-state index in [0.717, 1.165) is 29.7 Å². The summed E-state index contributed by atoms with van der Waals surface area (Å²) in [6, 6.07) is 0. The fourth-order valence-electron chi connectivity index (χ4n) is 5.10. The van der Waals surface area contributed by atoms with Gasteiger partial charge in [0.05, 0.1) is 0 Å². The van der Waals surface area contributed by atoms with Crippen molar-refractivity contribution in [1.82, 2.24) is 0 Å². The van der Waals surface area contributed by atoms with E-state index in [0.29, 0.717) is 5.41 Å². The monoisotopic (exact) mass is 207 g/mol. The Morgan fingerprint density at radius 3 is 2.67 bits per heavy atom. The van der Waals surface area contributed by atoms with E-state index >= 15 is 0 Å². The first-order valence-electron chi connectivity index (χ1n) is 6.76. The van der Waals surface area contributed by atoms with E-state index < -0.39 is 0 Å². The Bertz CT molecular complexity index is 275. The largest absolute Gasteiger partial charge is 0.330 e. The molecule has 3 fully saturated rings. The van der Waals surface area contributed by atoms with Crippen molar-refractivity contribution in [2.45, 2.75) is 52.4 Å². The topological polar surface area (TPSA) is 26.0 Å². The van der Waals surface area contributed by atoms with Crippen molar-refractivity contribution in [2.24, 2.45) is 34.3 Å². The normalized spacial score (nSPS) is 58.2. The Morgan fingerprint density at radius 1 is 1.13 bits per heavy atom. The van der Waals surface area contributed by atoms with Crippen LogP contribution in [0.1, 0.15) is 52.4 Å². The molecule has 5 atom stereocenters. The molecule has 0 aliphatic heterocycles. The van der Waals surface area contributed by atoms with E-state index in [1.54, 1.807) is 0 Å². The molecule has 0 amide bonds. The Balaban J connectivity index is 1.83. The Hall–Kier alpha value is -0.0400. The lowest BCUT2D eigenvalue weighted by Crippen LogP contribution is -2.41. The lowest BCUT2D eigenvalue weighted by molar-refractivity contribution is 0.0365. The summed E-state index contributed by atoms with van der Waals surface area (Å²) in [6.07, 6.45) is 8.83. The van der Waals surface area contributed by atoms with Crippen LogP contribution in [0.5, 0.6) is 0 Å². The molecule has 0 saturated heterocycles. The van der Waals surface area contributed by atoms with E-state index in [-0.39, 0.29) is 0 Å². The smallest absolute Gasteiger partial charge is 0.00231 e. The lowest BCUT2D eigenvalue weighted by atomic mass is 9.59. The number of hydrogen-bond donors (Lipinski definition) is 1. The number of fused-ring (bicyclic) bond motifs is 5. The second-order valence-corrected chi connectivity index (χ2v) is 7.18. The summed E-state index contributed by atoms with van der Waals surface area (Å²) in [6.45, 7) is 5.87. The third kappa shape index (κ3) is 1.32. The maximum atomic E-state index is 5.95. The molecular formula is C14H25N. The highest BCUT2D eigenvalue weighted by Gasteiger charge is 2.57. The number of hydrogen-bond acceptors (Lipinski definition) is 1. The zero-order chi connectivity index (χ0) is 10.7. The van der Waals surface area contributed by atoms with Crippen LogP contribution in [0.15, 0.2) is 0 Å². The average molecular weight is 207 g/mol. The summed E-state index contributed by atoms with van der Waals surface area (Å²) in [5.41, 5.74) is 7.15. The van der Waals surface area contributed by atoms with Gasteiger partial charge in [0.15, 0.2) is 0 Å². The minimum Gasteiger partial charge on any atom is -0.330 e. The molecule has 0 aromatic heterocycles. The van der Waals surface area contributed by atoms with E-state index in [2.05, 4.69) is 13.8 Å². The van der Waals surface area contributed by atoms with Crippen molar-refractivity contribution < 1.29 is 0 Å². The quantitative estimate of drug-likeness (QED) is 0.702. The van der Waals surface area contributed by atoms with Crippen molar-refractivity contribution in [3.8, 4) is 0 Å². The van der Waals surface area contributed by atoms with Gasteiger partial charge in [0.1, 0.15) is 0 Å². The average Bonchev–Trinajstić information content (AvgIpc) is 2.72. The zero-order valence-corrected chi connectivity index (χ0v) is 10.3. The van der Waals surface area contributed by atoms with Gasteiger partial charge in [0.25, 0.3) is 0 Å². The zero-order valence-electron chi connectivity index (χ0n) is 10.3. The summed E-state index contributed by atoms with van der Waals surface area (Å²) in [5.74, 6) is 3.15. The molecule has 15 heavy (non-hydrogen) atoms. The lowest BCUT2D eigenvalue weighted by Gasteiger charge is -2.47. The van der Waals surface area contributed by atoms with Crippen LogP contribution in [0.3, 0.4) is 0 Å². The predicted octanol–water partition coefficient (Wildman–Crippen LogP) is 3.19. The van der Waals surface area contributed by atoms with Crippen LogP contribution < -0.4 is 5.73 Å². The van der Waals surface area contributed by atoms with Gasteiger partial charge >= 0.3 is 0 Å². The van der Waals surface area contributed by atoms with Crippen LogP contribution in [0, 0.1) is 28.6 Å². The first kappa shape index (κ1) is 10.1. The van der Waals surface area contributed by atoms with Crippen molar-refractivity contribution in [3.63, 3.8) is 0 Å². The molecule has 0 radical (unpaired) electrons. The van der Waals surface area contributed by atoms with Gasteiger partial charge in [-0.15, -0.1) is 0 Å². The molecule has 1 nitrogen and oxygen atoms in total. The third-order valence-electron chi connectivity index (χ3n) is 6.11. The first-order chi connectivity index (χ1) is 7.06. The molecule has 3 aliphatic rings. The molecule has 0 aromatic carbocycles. The summed E-state index contributed by atoms with van der Waals surface area (Å²) in [7, 11) is 0. The minimum absolute atomic E-state index is 0.474. The molecule has 0 spiro atoms. The van der Waals surface area contributed by atoms with Gasteiger partial charge in [-0.2, -0.15) is 0 Å². The Morgan fingerprint density at radius 2 is 1.93 bits per heavy atom. The molecular weight excluding hydrogens is 182 g/mol. The minimum atomic E-state index is 0.474. The maximum absolute atomic E-state index is 5.95. The summed E-state index contributed by atoms with van der Waals surface area (Å²) >= 11 is 0. The van der Waals surface area contributed by atoms with Gasteiger partial charge in [-0.05, 0) is 73.7 Å². The predicted molar refractivity (Wildman–Crippen MR) is 63.4 cm³/mol. The van der Waals surface area contributed by atoms with Crippen LogP contribution in [-0.2, 0) is 0 Å². The molecule has 3 saturated carbocycles. The second kappa shape index (κ2) is 3.00. The molecule has 5 unspecified atom stereocenters. The van der Waals surface area contributed by atoms with Crippen LogP contribution in [0.4, 0.5) is 0 Å². The summed E-state index contributed by atoms with van der Waals surface area (Å²) in [4.78, 5) is 0. The molecule has 0 aromatic rings. The molecule has 2 bridgehead atoms. The Kier molecular flexibility index (Phi) is 2.03. The second-order valence-electron chi connectivity index (χ2n) is 7.18. The van der Waals surface area contributed by atoms with Gasteiger partial charge in [0, 0.05) is 0 Å². The van der Waals surface area contributed by atoms with Crippen LogP contribution in [0.2, 0.25) is 0 Å². The highest BCUT2D eigenvalue weighted by atomic mass is 14.7. The van der Waals surface area contributed by atoms with E-state index in [1.807, 2.05) is 0 Å². The van der Waals surface area contributed by atoms with E-state index in [1.165, 1.54) is 38.5 Å². The highest BCUT2D eigenvalue weighted by molar-refractivity contribution is 5.07. The van der Waals surface area contributed by atoms with Crippen molar-refractivity contribution in [3.05, 3.63) is 0 Å². The first-order valence-corrected chi connectivity index (χ1v) is 6.76. The highest BCUT2D eigenvalue weighted by Crippen LogP contribution is 2.66. The van der Waals surface area contributed by atoms with Crippen molar-refractivity contribution in [2.75, 3.05) is 6.54 Å². The van der Waals surface area contributed by atoms with Gasteiger partial charge < -0.3 is 5.73 Å².